The van der Waals surface area contributed by atoms with Crippen molar-refractivity contribution < 1.29 is 24.2 Å². The van der Waals surface area contributed by atoms with Crippen molar-refractivity contribution in [1.82, 2.24) is 0 Å². The SMILES string of the molecule is Cc1cccc(C2/C(=C(/O)c3ccc4c(c3)OCCO4)C(=O)C(=O)N2c2ccc(Cl)c(Cl)c2)c1. The summed E-state index contributed by atoms with van der Waals surface area (Å²) in [7, 11) is 0. The van der Waals surface area contributed by atoms with E-state index in [1.807, 2.05) is 31.2 Å². The number of carbonyl (C=O) groups is 2. The Labute approximate surface area is 205 Å². The molecule has 2 aliphatic rings. The highest BCUT2D eigenvalue weighted by Gasteiger charge is 2.47. The van der Waals surface area contributed by atoms with Crippen LogP contribution < -0.4 is 14.4 Å². The third kappa shape index (κ3) is 3.79. The van der Waals surface area contributed by atoms with Gasteiger partial charge in [0.05, 0.1) is 21.7 Å². The van der Waals surface area contributed by atoms with Gasteiger partial charge in [-0.25, -0.2) is 0 Å². The van der Waals surface area contributed by atoms with Gasteiger partial charge < -0.3 is 14.6 Å². The quantitative estimate of drug-likeness (QED) is 0.286. The Hall–Kier alpha value is -3.48. The van der Waals surface area contributed by atoms with E-state index in [2.05, 4.69) is 0 Å². The van der Waals surface area contributed by atoms with E-state index in [0.717, 1.165) is 5.56 Å². The number of carbonyl (C=O) groups excluding carboxylic acids is 2. The molecule has 1 unspecified atom stereocenters. The molecule has 3 aromatic carbocycles. The first-order chi connectivity index (χ1) is 16.3. The largest absolute Gasteiger partial charge is 0.507 e. The number of hydrogen-bond donors (Lipinski definition) is 1. The van der Waals surface area contributed by atoms with Crippen LogP contribution in [0.4, 0.5) is 5.69 Å². The lowest BCUT2D eigenvalue weighted by molar-refractivity contribution is -0.132. The predicted molar refractivity (Wildman–Crippen MR) is 130 cm³/mol. The Kier molecular flexibility index (Phi) is 5.71. The molecule has 6 nitrogen and oxygen atoms in total. The van der Waals surface area contributed by atoms with E-state index in [0.29, 0.717) is 46.5 Å². The Bertz CT molecular complexity index is 1370. The normalized spacial score (nSPS) is 18.9. The van der Waals surface area contributed by atoms with E-state index in [4.69, 9.17) is 32.7 Å². The van der Waals surface area contributed by atoms with Crippen LogP contribution in [0.15, 0.2) is 66.2 Å². The first-order valence-corrected chi connectivity index (χ1v) is 11.3. The van der Waals surface area contributed by atoms with Gasteiger partial charge in [0.25, 0.3) is 11.7 Å². The zero-order valence-electron chi connectivity index (χ0n) is 18.0. The maximum absolute atomic E-state index is 13.3. The fourth-order valence-corrected chi connectivity index (χ4v) is 4.53. The molecule has 0 saturated carbocycles. The van der Waals surface area contributed by atoms with Crippen LogP contribution in [-0.2, 0) is 9.59 Å². The summed E-state index contributed by atoms with van der Waals surface area (Å²) in [6.45, 7) is 2.72. The summed E-state index contributed by atoms with van der Waals surface area (Å²) in [6.07, 6.45) is 0. The first kappa shape index (κ1) is 22.3. The van der Waals surface area contributed by atoms with Crippen LogP contribution in [0.2, 0.25) is 10.0 Å². The van der Waals surface area contributed by atoms with Crippen LogP contribution in [0.5, 0.6) is 11.5 Å². The van der Waals surface area contributed by atoms with Crippen LogP contribution in [0.3, 0.4) is 0 Å². The number of aliphatic hydroxyl groups is 1. The van der Waals surface area contributed by atoms with Crippen molar-refractivity contribution in [3.05, 3.63) is 93.0 Å². The van der Waals surface area contributed by atoms with Gasteiger partial charge in [-0.1, -0.05) is 53.0 Å². The maximum Gasteiger partial charge on any atom is 0.300 e. The summed E-state index contributed by atoms with van der Waals surface area (Å²) in [4.78, 5) is 27.9. The lowest BCUT2D eigenvalue weighted by Gasteiger charge is -2.26. The zero-order chi connectivity index (χ0) is 24.0. The van der Waals surface area contributed by atoms with Crippen molar-refractivity contribution in [2.24, 2.45) is 0 Å². The number of ether oxygens (including phenoxy) is 2. The van der Waals surface area contributed by atoms with Crippen LogP contribution in [0, 0.1) is 6.92 Å². The number of aryl methyl sites for hydroxylation is 1. The number of anilines is 1. The molecule has 0 aliphatic carbocycles. The summed E-state index contributed by atoms with van der Waals surface area (Å²) in [5, 5.41) is 11.9. The molecule has 2 aliphatic heterocycles. The average Bonchev–Trinajstić information content (AvgIpc) is 3.10. The minimum Gasteiger partial charge on any atom is -0.507 e. The zero-order valence-corrected chi connectivity index (χ0v) is 19.6. The van der Waals surface area contributed by atoms with Gasteiger partial charge in [0.15, 0.2) is 11.5 Å². The molecule has 1 saturated heterocycles. The van der Waals surface area contributed by atoms with Gasteiger partial charge >= 0.3 is 0 Å². The Morgan fingerprint density at radius 3 is 2.44 bits per heavy atom. The van der Waals surface area contributed by atoms with E-state index < -0.39 is 17.7 Å². The molecule has 0 bridgehead atoms. The van der Waals surface area contributed by atoms with E-state index in [-0.39, 0.29) is 16.4 Å². The Morgan fingerprint density at radius 2 is 1.71 bits per heavy atom. The van der Waals surface area contributed by atoms with Crippen molar-refractivity contribution in [2.75, 3.05) is 18.1 Å². The van der Waals surface area contributed by atoms with Crippen LogP contribution in [0.1, 0.15) is 22.7 Å². The molecular formula is C26H19Cl2NO5. The molecule has 8 heteroatoms. The lowest BCUT2D eigenvalue weighted by Crippen LogP contribution is -2.29. The van der Waals surface area contributed by atoms with Gasteiger partial charge in [-0.2, -0.15) is 0 Å². The molecule has 0 aromatic heterocycles. The molecule has 172 valence electrons. The summed E-state index contributed by atoms with van der Waals surface area (Å²) >= 11 is 12.3. The topological polar surface area (TPSA) is 76.1 Å². The second-order valence-corrected chi connectivity index (χ2v) is 8.85. The number of aliphatic hydroxyl groups excluding tert-OH is 1. The summed E-state index contributed by atoms with van der Waals surface area (Å²) < 4.78 is 11.2. The summed E-state index contributed by atoms with van der Waals surface area (Å²) in [6, 6.07) is 16.2. The monoisotopic (exact) mass is 495 g/mol. The standard InChI is InChI=1S/C26H19Cl2NO5/c1-14-3-2-4-15(11-14)23-22(24(30)16-5-8-20-21(12-16)34-10-9-33-20)25(31)26(32)29(23)17-6-7-18(27)19(28)13-17/h2-8,11-13,23,30H,9-10H2,1H3/b24-22-. The number of rotatable bonds is 3. The highest BCUT2D eigenvalue weighted by Crippen LogP contribution is 2.44. The molecule has 1 amide bonds. The average molecular weight is 496 g/mol. The van der Waals surface area contributed by atoms with Gasteiger partial charge in [0.2, 0.25) is 0 Å². The summed E-state index contributed by atoms with van der Waals surface area (Å²) in [5.74, 6) is -0.867. The number of benzene rings is 3. The Morgan fingerprint density at radius 1 is 0.941 bits per heavy atom. The van der Waals surface area contributed by atoms with Gasteiger partial charge in [0.1, 0.15) is 19.0 Å². The second kappa shape index (κ2) is 8.70. The minimum absolute atomic E-state index is 0.0293. The van der Waals surface area contributed by atoms with Gasteiger partial charge in [-0.05, 0) is 48.9 Å². The number of amides is 1. The van der Waals surface area contributed by atoms with E-state index in [1.165, 1.54) is 11.0 Å². The molecule has 2 heterocycles. The third-order valence-electron chi connectivity index (χ3n) is 5.80. The van der Waals surface area contributed by atoms with Crippen LogP contribution in [0.25, 0.3) is 5.76 Å². The molecule has 0 spiro atoms. The van der Waals surface area contributed by atoms with Crippen molar-refractivity contribution in [3.63, 3.8) is 0 Å². The molecule has 1 fully saturated rings. The highest BCUT2D eigenvalue weighted by molar-refractivity contribution is 6.52. The van der Waals surface area contributed by atoms with Crippen molar-refractivity contribution in [3.8, 4) is 11.5 Å². The fraction of sp³-hybridized carbons (Fsp3) is 0.154. The fourth-order valence-electron chi connectivity index (χ4n) is 4.24. The van der Waals surface area contributed by atoms with Crippen molar-refractivity contribution in [1.29, 1.82) is 0 Å². The summed E-state index contributed by atoms with van der Waals surface area (Å²) in [5.41, 5.74) is 2.32. The molecule has 34 heavy (non-hydrogen) atoms. The first-order valence-electron chi connectivity index (χ1n) is 10.6. The van der Waals surface area contributed by atoms with Crippen molar-refractivity contribution >= 4 is 46.3 Å². The van der Waals surface area contributed by atoms with E-state index in [1.54, 1.807) is 30.3 Å². The van der Waals surface area contributed by atoms with Crippen LogP contribution >= 0.6 is 23.2 Å². The smallest absolute Gasteiger partial charge is 0.300 e. The predicted octanol–water partition coefficient (Wildman–Crippen LogP) is 5.70. The number of ketones is 1. The molecule has 0 radical (unpaired) electrons. The molecular weight excluding hydrogens is 477 g/mol. The van der Waals surface area contributed by atoms with E-state index >= 15 is 0 Å². The van der Waals surface area contributed by atoms with Gasteiger partial charge in [-0.15, -0.1) is 0 Å². The van der Waals surface area contributed by atoms with E-state index in [9.17, 15) is 14.7 Å². The third-order valence-corrected chi connectivity index (χ3v) is 6.54. The van der Waals surface area contributed by atoms with Gasteiger partial charge in [-0.3, -0.25) is 14.5 Å². The number of hydrogen-bond acceptors (Lipinski definition) is 5. The van der Waals surface area contributed by atoms with Crippen LogP contribution in [-0.4, -0.2) is 30.0 Å². The molecule has 5 rings (SSSR count). The maximum atomic E-state index is 13.3. The van der Waals surface area contributed by atoms with Gasteiger partial charge in [0, 0.05) is 11.3 Å². The highest BCUT2D eigenvalue weighted by atomic mass is 35.5. The number of Topliss-reactive ketones (excluding diaryl/α,β-unsaturated/α-hetero) is 1. The lowest BCUT2D eigenvalue weighted by atomic mass is 9.94. The number of nitrogens with zero attached hydrogens (tertiary/aromatic N) is 1. The second-order valence-electron chi connectivity index (χ2n) is 8.04. The number of fused-ring (bicyclic) bond motifs is 1. The number of halogens is 2. The molecule has 3 aromatic rings. The Balaban J connectivity index is 1.71. The minimum atomic E-state index is -0.870. The molecule has 1 atom stereocenters. The molecule has 1 N–H and O–H groups in total. The van der Waals surface area contributed by atoms with Crippen molar-refractivity contribution in [2.45, 2.75) is 13.0 Å².